The molecule has 0 fully saturated rings. The van der Waals surface area contributed by atoms with E-state index in [0.717, 1.165) is 30.5 Å². The van der Waals surface area contributed by atoms with E-state index in [1.807, 2.05) is 0 Å². The lowest BCUT2D eigenvalue weighted by Gasteiger charge is -2.21. The van der Waals surface area contributed by atoms with E-state index >= 15 is 0 Å². The monoisotopic (exact) mass is 354 g/mol. The van der Waals surface area contributed by atoms with Gasteiger partial charge in [-0.15, -0.1) is 0 Å². The third-order valence-electron chi connectivity index (χ3n) is 4.58. The highest BCUT2D eigenvalue weighted by Crippen LogP contribution is 2.44. The fourth-order valence-corrected chi connectivity index (χ4v) is 3.39. The van der Waals surface area contributed by atoms with Crippen molar-refractivity contribution in [3.63, 3.8) is 0 Å². The van der Waals surface area contributed by atoms with Gasteiger partial charge in [-0.1, -0.05) is 0 Å². The number of nitriles is 1. The summed E-state index contributed by atoms with van der Waals surface area (Å²) in [5.74, 6) is 0.682. The van der Waals surface area contributed by atoms with Gasteiger partial charge >= 0.3 is 0 Å². The molecule has 0 unspecified atom stereocenters. The van der Waals surface area contributed by atoms with E-state index in [1.165, 1.54) is 26.4 Å². The molecule has 0 aliphatic heterocycles. The average molecular weight is 354 g/mol. The molecular formula is C18H18N4O4. The molecule has 1 aromatic heterocycles. The molecule has 8 nitrogen and oxygen atoms in total. The first-order valence-electron chi connectivity index (χ1n) is 8.13. The highest BCUT2D eigenvalue weighted by atomic mass is 16.6. The first-order valence-corrected chi connectivity index (χ1v) is 8.13. The first kappa shape index (κ1) is 17.5. The lowest BCUT2D eigenvalue weighted by molar-refractivity contribution is -0.384. The van der Waals surface area contributed by atoms with Crippen LogP contribution in [0.25, 0.3) is 11.1 Å². The summed E-state index contributed by atoms with van der Waals surface area (Å²) in [7, 11) is 2.86. The summed E-state index contributed by atoms with van der Waals surface area (Å²) < 4.78 is 10.5. The van der Waals surface area contributed by atoms with E-state index in [9.17, 15) is 15.4 Å². The Bertz CT molecular complexity index is 934. The van der Waals surface area contributed by atoms with Gasteiger partial charge in [-0.2, -0.15) is 5.26 Å². The number of nitrogens with zero attached hydrogens (tertiary/aromatic N) is 3. The highest BCUT2D eigenvalue weighted by Gasteiger charge is 2.28. The van der Waals surface area contributed by atoms with Gasteiger partial charge in [-0.25, -0.2) is 4.98 Å². The third-order valence-corrected chi connectivity index (χ3v) is 4.58. The molecular weight excluding hydrogens is 336 g/mol. The number of nitrogen functional groups attached to an aromatic ring is 1. The van der Waals surface area contributed by atoms with Gasteiger partial charge < -0.3 is 15.2 Å². The van der Waals surface area contributed by atoms with Crippen LogP contribution < -0.4 is 15.2 Å². The molecule has 0 radical (unpaired) electrons. The van der Waals surface area contributed by atoms with E-state index in [-0.39, 0.29) is 28.4 Å². The summed E-state index contributed by atoms with van der Waals surface area (Å²) in [6.45, 7) is 0. The van der Waals surface area contributed by atoms with Crippen molar-refractivity contribution in [2.45, 2.75) is 25.7 Å². The molecule has 1 aromatic carbocycles. The molecule has 0 bridgehead atoms. The molecule has 1 aliphatic rings. The first-order chi connectivity index (χ1) is 12.5. The minimum atomic E-state index is -0.496. The van der Waals surface area contributed by atoms with Crippen LogP contribution in [0.2, 0.25) is 0 Å². The summed E-state index contributed by atoms with van der Waals surface area (Å²) in [4.78, 5) is 15.6. The van der Waals surface area contributed by atoms with Gasteiger partial charge in [0.05, 0.1) is 30.8 Å². The molecule has 0 saturated carbocycles. The van der Waals surface area contributed by atoms with Crippen molar-refractivity contribution in [3.8, 4) is 28.7 Å². The standard InChI is InChI=1S/C18H18N4O4/c1-25-15-7-11(14(22(23)24)8-16(15)26-2)17-10-5-3-4-6-13(10)21-18(20)12(17)9-19/h7-8H,3-6H2,1-2H3,(H2,20,21). The molecule has 26 heavy (non-hydrogen) atoms. The number of rotatable bonds is 4. The number of fused-ring (bicyclic) bond motifs is 1. The zero-order valence-electron chi connectivity index (χ0n) is 14.5. The van der Waals surface area contributed by atoms with Crippen LogP contribution in [0.4, 0.5) is 11.5 Å². The van der Waals surface area contributed by atoms with Crippen LogP contribution in [0.15, 0.2) is 12.1 Å². The number of ether oxygens (including phenoxy) is 2. The number of anilines is 1. The van der Waals surface area contributed by atoms with Crippen LogP contribution in [0.3, 0.4) is 0 Å². The van der Waals surface area contributed by atoms with Gasteiger partial charge in [-0.05, 0) is 37.3 Å². The predicted octanol–water partition coefficient (Wildman–Crippen LogP) is 3.01. The smallest absolute Gasteiger partial charge is 0.281 e. The normalized spacial score (nSPS) is 12.8. The summed E-state index contributed by atoms with van der Waals surface area (Å²) in [6.07, 6.45) is 3.33. The Kier molecular flexibility index (Phi) is 4.63. The SMILES string of the molecule is COc1cc(-c2c(C#N)c(N)nc3c2CCCC3)c([N+](=O)[O-])cc1OC. The van der Waals surface area contributed by atoms with Gasteiger partial charge in [0.15, 0.2) is 11.5 Å². The maximum Gasteiger partial charge on any atom is 0.281 e. The number of methoxy groups -OCH3 is 2. The molecule has 2 aromatic rings. The molecule has 0 saturated heterocycles. The second-order valence-electron chi connectivity index (χ2n) is 5.97. The summed E-state index contributed by atoms with van der Waals surface area (Å²) in [5.41, 5.74) is 8.38. The largest absolute Gasteiger partial charge is 0.493 e. The molecule has 0 amide bonds. The second-order valence-corrected chi connectivity index (χ2v) is 5.97. The van der Waals surface area contributed by atoms with Crippen molar-refractivity contribution >= 4 is 11.5 Å². The molecule has 1 aliphatic carbocycles. The van der Waals surface area contributed by atoms with Crippen molar-refractivity contribution < 1.29 is 14.4 Å². The molecule has 3 rings (SSSR count). The van der Waals surface area contributed by atoms with Crippen LogP contribution in [0.1, 0.15) is 29.7 Å². The van der Waals surface area contributed by atoms with E-state index in [1.54, 1.807) is 0 Å². The van der Waals surface area contributed by atoms with Gasteiger partial charge in [0.25, 0.3) is 5.69 Å². The van der Waals surface area contributed by atoms with Crippen molar-refractivity contribution in [2.75, 3.05) is 20.0 Å². The summed E-state index contributed by atoms with van der Waals surface area (Å²) in [5, 5.41) is 21.3. The predicted molar refractivity (Wildman–Crippen MR) is 95.2 cm³/mol. The number of hydrogen-bond acceptors (Lipinski definition) is 7. The quantitative estimate of drug-likeness (QED) is 0.661. The topological polar surface area (TPSA) is 124 Å². The fraction of sp³-hybridized carbons (Fsp3) is 0.333. The molecule has 2 N–H and O–H groups in total. The Hall–Kier alpha value is -3.34. The van der Waals surface area contributed by atoms with E-state index in [2.05, 4.69) is 11.1 Å². The Morgan fingerprint density at radius 3 is 2.50 bits per heavy atom. The second kappa shape index (κ2) is 6.88. The van der Waals surface area contributed by atoms with Gasteiger partial charge in [0.2, 0.25) is 0 Å². The summed E-state index contributed by atoms with van der Waals surface area (Å²) >= 11 is 0. The fourth-order valence-electron chi connectivity index (χ4n) is 3.39. The highest BCUT2D eigenvalue weighted by molar-refractivity contribution is 5.86. The van der Waals surface area contributed by atoms with Crippen molar-refractivity contribution in [1.29, 1.82) is 5.26 Å². The van der Waals surface area contributed by atoms with Crippen LogP contribution in [0, 0.1) is 21.4 Å². The molecule has 1 heterocycles. The number of pyridine rings is 1. The number of hydrogen-bond donors (Lipinski definition) is 1. The van der Waals surface area contributed by atoms with Gasteiger partial charge in [0, 0.05) is 11.3 Å². The van der Waals surface area contributed by atoms with Crippen LogP contribution in [-0.4, -0.2) is 24.1 Å². The number of nitro benzene ring substituents is 1. The van der Waals surface area contributed by atoms with E-state index < -0.39 is 4.92 Å². The van der Waals surface area contributed by atoms with Gasteiger partial charge in [-0.3, -0.25) is 10.1 Å². The Balaban J connectivity index is 2.41. The molecule has 0 atom stereocenters. The average Bonchev–Trinajstić information content (AvgIpc) is 2.65. The number of nitrogens with two attached hydrogens (primary N) is 1. The number of aromatic nitrogens is 1. The number of aryl methyl sites for hydroxylation is 1. The van der Waals surface area contributed by atoms with Crippen LogP contribution in [-0.2, 0) is 12.8 Å². The zero-order chi connectivity index (χ0) is 18.8. The minimum absolute atomic E-state index is 0.0900. The van der Waals surface area contributed by atoms with Crippen molar-refractivity contribution in [2.24, 2.45) is 0 Å². The summed E-state index contributed by atoms with van der Waals surface area (Å²) in [6, 6.07) is 4.90. The lowest BCUT2D eigenvalue weighted by Crippen LogP contribution is -2.12. The number of benzene rings is 1. The maximum absolute atomic E-state index is 11.7. The lowest BCUT2D eigenvalue weighted by atomic mass is 9.86. The van der Waals surface area contributed by atoms with E-state index in [0.29, 0.717) is 17.7 Å². The Labute approximate surface area is 150 Å². The minimum Gasteiger partial charge on any atom is -0.493 e. The Morgan fingerprint density at radius 1 is 1.23 bits per heavy atom. The molecule has 8 heteroatoms. The third kappa shape index (κ3) is 2.77. The van der Waals surface area contributed by atoms with Crippen molar-refractivity contribution in [1.82, 2.24) is 4.98 Å². The van der Waals surface area contributed by atoms with Crippen molar-refractivity contribution in [3.05, 3.63) is 39.1 Å². The molecule has 0 spiro atoms. The van der Waals surface area contributed by atoms with Crippen LogP contribution in [0.5, 0.6) is 11.5 Å². The van der Waals surface area contributed by atoms with Crippen LogP contribution >= 0.6 is 0 Å². The zero-order valence-corrected chi connectivity index (χ0v) is 14.5. The molecule has 134 valence electrons. The Morgan fingerprint density at radius 2 is 1.88 bits per heavy atom. The number of nitro groups is 1. The maximum atomic E-state index is 11.7. The van der Waals surface area contributed by atoms with E-state index in [4.69, 9.17) is 15.2 Å². The van der Waals surface area contributed by atoms with Gasteiger partial charge in [0.1, 0.15) is 17.5 Å².